The molecule has 1 aromatic carbocycles. The lowest BCUT2D eigenvalue weighted by molar-refractivity contribution is -0.139. The monoisotopic (exact) mass is 726 g/mol. The number of rotatable bonds is 16. The van der Waals surface area contributed by atoms with E-state index >= 15 is 0 Å². The summed E-state index contributed by atoms with van der Waals surface area (Å²) < 4.78 is 38.4. The molecular weight excluding hydrogens is 662 g/mol. The first-order valence-corrected chi connectivity index (χ1v) is 18.2. The van der Waals surface area contributed by atoms with Gasteiger partial charge in [-0.15, -0.1) is 0 Å². The molecular formula is C39H65F3N4O3S. The maximum Gasteiger partial charge on any atom is 0.405 e. The fraction of sp³-hybridized carbons (Fsp3) is 0.538. The standard InChI is InChI=1S/C27H36F3N3O2.C6H11NO.C2H6S.2C2H6/c1-3-5-10-21(4-2)23-11-6-7-12-24(23)25(26(35)31-19-27(28,29)30)13-8-9-16-33-17-14-22(15-18-33)32-20-34;1-4-5(2)7-6(3)8;1-2-3;2*1-2/h3-7,10-12,20,22,25H,1,8-9,13-19H2,2H3,(H,31,35)(H,32,34);4,6-8H,1-2H2,3H3;3H,2H2,1H3;2*1-2H3/b10-5-,21-4+;;;;. The summed E-state index contributed by atoms with van der Waals surface area (Å²) in [5.41, 5.74) is 3.06. The molecule has 0 aliphatic carbocycles. The molecule has 1 fully saturated rings. The van der Waals surface area contributed by atoms with Crippen molar-refractivity contribution in [2.24, 2.45) is 0 Å². The number of nitrogens with one attached hydrogen (secondary N) is 3. The summed E-state index contributed by atoms with van der Waals surface area (Å²) in [6.07, 6.45) is 8.31. The Labute approximate surface area is 306 Å². The molecule has 0 bridgehead atoms. The number of amides is 2. The van der Waals surface area contributed by atoms with E-state index in [0.29, 0.717) is 18.5 Å². The molecule has 1 saturated heterocycles. The largest absolute Gasteiger partial charge is 0.405 e. The zero-order valence-electron chi connectivity index (χ0n) is 31.5. The van der Waals surface area contributed by atoms with Crippen LogP contribution in [-0.4, -0.2) is 72.7 Å². The van der Waals surface area contributed by atoms with E-state index in [9.17, 15) is 22.8 Å². The molecule has 1 aliphatic heterocycles. The summed E-state index contributed by atoms with van der Waals surface area (Å²) in [5, 5.41) is 16.2. The minimum atomic E-state index is -4.47. The zero-order valence-corrected chi connectivity index (χ0v) is 32.4. The molecule has 0 aromatic heterocycles. The van der Waals surface area contributed by atoms with Crippen LogP contribution in [0, 0.1) is 0 Å². The number of aliphatic hydroxyl groups excluding tert-OH is 1. The van der Waals surface area contributed by atoms with Crippen LogP contribution in [0.25, 0.3) is 5.57 Å². The Hall–Kier alpha value is -3.28. The predicted octanol–water partition coefficient (Wildman–Crippen LogP) is 8.58. The number of hydrogen-bond donors (Lipinski definition) is 5. The lowest BCUT2D eigenvalue weighted by atomic mass is 9.86. The number of likely N-dealkylation sites (tertiary alicyclic amines) is 1. The summed E-state index contributed by atoms with van der Waals surface area (Å²) in [5.74, 6) is -0.359. The van der Waals surface area contributed by atoms with Crippen LogP contribution in [0.5, 0.6) is 0 Å². The number of thiol groups is 1. The number of carbonyl (C=O) groups excluding carboxylic acids is 2. The van der Waals surface area contributed by atoms with Crippen molar-refractivity contribution in [1.29, 1.82) is 0 Å². The van der Waals surface area contributed by atoms with Gasteiger partial charge in [0.25, 0.3) is 0 Å². The van der Waals surface area contributed by atoms with Crippen molar-refractivity contribution in [2.45, 2.75) is 105 Å². The van der Waals surface area contributed by atoms with Crippen LogP contribution < -0.4 is 16.0 Å². The van der Waals surface area contributed by atoms with Crippen molar-refractivity contribution >= 4 is 30.5 Å². The van der Waals surface area contributed by atoms with E-state index < -0.39 is 30.8 Å². The summed E-state index contributed by atoms with van der Waals surface area (Å²) in [7, 11) is 0. The molecule has 2 atom stereocenters. The Morgan fingerprint density at radius 2 is 1.70 bits per heavy atom. The van der Waals surface area contributed by atoms with Gasteiger partial charge in [-0.05, 0) is 74.6 Å². The van der Waals surface area contributed by atoms with Gasteiger partial charge in [-0.2, -0.15) is 25.8 Å². The van der Waals surface area contributed by atoms with Gasteiger partial charge in [-0.25, -0.2) is 0 Å². The van der Waals surface area contributed by atoms with Crippen LogP contribution in [0.2, 0.25) is 0 Å². The molecule has 7 nitrogen and oxygen atoms in total. The lowest BCUT2D eigenvalue weighted by Crippen LogP contribution is -2.42. The number of unbranched alkanes of at least 4 members (excludes halogenated alkanes) is 1. The van der Waals surface area contributed by atoms with Gasteiger partial charge in [0.05, 0.1) is 5.92 Å². The molecule has 0 spiro atoms. The number of benzene rings is 1. The molecule has 4 N–H and O–H groups in total. The predicted molar refractivity (Wildman–Crippen MR) is 210 cm³/mol. The van der Waals surface area contributed by atoms with Crippen LogP contribution in [0.3, 0.4) is 0 Å². The van der Waals surface area contributed by atoms with Gasteiger partial charge < -0.3 is 26.0 Å². The fourth-order valence-electron chi connectivity index (χ4n) is 4.75. The number of carbonyl (C=O) groups is 2. The molecule has 0 radical (unpaired) electrons. The average molecular weight is 727 g/mol. The molecule has 1 heterocycles. The summed E-state index contributed by atoms with van der Waals surface area (Å²) in [6, 6.07) is 7.60. The normalized spacial score (nSPS) is 14.3. The Bertz CT molecular complexity index is 1120. The van der Waals surface area contributed by atoms with Gasteiger partial charge in [0, 0.05) is 24.8 Å². The molecule has 2 amide bonds. The Morgan fingerprint density at radius 3 is 2.16 bits per heavy atom. The molecule has 11 heteroatoms. The van der Waals surface area contributed by atoms with E-state index in [4.69, 9.17) is 5.11 Å². The summed E-state index contributed by atoms with van der Waals surface area (Å²) in [4.78, 5) is 25.9. The van der Waals surface area contributed by atoms with E-state index in [-0.39, 0.29) is 6.04 Å². The summed E-state index contributed by atoms with van der Waals surface area (Å²) >= 11 is 3.79. The van der Waals surface area contributed by atoms with Crippen LogP contribution in [0.4, 0.5) is 13.2 Å². The molecule has 1 aliphatic rings. The van der Waals surface area contributed by atoms with Crippen molar-refractivity contribution in [3.63, 3.8) is 0 Å². The maximum absolute atomic E-state index is 13.0. The number of aliphatic hydroxyl groups is 1. The van der Waals surface area contributed by atoms with Crippen molar-refractivity contribution in [3.8, 4) is 0 Å². The van der Waals surface area contributed by atoms with E-state index in [1.807, 2.05) is 78.0 Å². The van der Waals surface area contributed by atoms with E-state index in [1.54, 1.807) is 25.2 Å². The van der Waals surface area contributed by atoms with Gasteiger partial charge in [0.1, 0.15) is 12.8 Å². The molecule has 2 unspecified atom stereocenters. The quantitative estimate of drug-likeness (QED) is 0.0387. The second-order valence-electron chi connectivity index (χ2n) is 10.6. The van der Waals surface area contributed by atoms with Crippen molar-refractivity contribution < 1.29 is 27.9 Å². The number of allylic oxidation sites excluding steroid dienone is 6. The highest BCUT2D eigenvalue weighted by molar-refractivity contribution is 7.80. The molecule has 0 saturated carbocycles. The highest BCUT2D eigenvalue weighted by Crippen LogP contribution is 2.31. The van der Waals surface area contributed by atoms with Gasteiger partial charge >= 0.3 is 6.18 Å². The third kappa shape index (κ3) is 25.7. The number of halogens is 3. The van der Waals surface area contributed by atoms with Crippen molar-refractivity contribution in [1.82, 2.24) is 20.9 Å². The van der Waals surface area contributed by atoms with Gasteiger partial charge in [-0.3, -0.25) is 9.59 Å². The smallest absolute Gasteiger partial charge is 0.374 e. The minimum absolute atomic E-state index is 0.220. The topological polar surface area (TPSA) is 93.7 Å². The number of nitrogens with zero attached hydrogens (tertiary/aromatic N) is 1. The number of piperidine rings is 1. The second-order valence-corrected chi connectivity index (χ2v) is 11.2. The highest BCUT2D eigenvalue weighted by atomic mass is 32.1. The minimum Gasteiger partial charge on any atom is -0.374 e. The Kier molecular flexibility index (Phi) is 33.6. The molecule has 286 valence electrons. The number of hydrogen-bond acceptors (Lipinski definition) is 6. The third-order valence-electron chi connectivity index (χ3n) is 6.90. The lowest BCUT2D eigenvalue weighted by Gasteiger charge is -2.31. The van der Waals surface area contributed by atoms with E-state index in [1.165, 1.54) is 0 Å². The van der Waals surface area contributed by atoms with Gasteiger partial charge in [0.15, 0.2) is 0 Å². The van der Waals surface area contributed by atoms with Crippen LogP contribution in [0.15, 0.2) is 80.1 Å². The van der Waals surface area contributed by atoms with Crippen molar-refractivity contribution in [3.05, 3.63) is 91.2 Å². The van der Waals surface area contributed by atoms with Gasteiger partial charge in [0.2, 0.25) is 12.3 Å². The molecule has 1 aromatic rings. The zero-order chi connectivity index (χ0) is 39.0. The van der Waals surface area contributed by atoms with E-state index in [2.05, 4.69) is 53.2 Å². The van der Waals surface area contributed by atoms with E-state index in [0.717, 1.165) is 67.8 Å². The van der Waals surface area contributed by atoms with Crippen molar-refractivity contribution in [2.75, 3.05) is 31.9 Å². The first-order chi connectivity index (χ1) is 23.9. The molecule has 50 heavy (non-hydrogen) atoms. The summed E-state index contributed by atoms with van der Waals surface area (Å²) in [6.45, 7) is 25.4. The van der Waals surface area contributed by atoms with Crippen LogP contribution >= 0.6 is 12.6 Å². The van der Waals surface area contributed by atoms with Gasteiger partial charge in [-0.1, -0.05) is 109 Å². The van der Waals surface area contributed by atoms with Crippen LogP contribution in [-0.2, 0) is 9.59 Å². The third-order valence-corrected chi connectivity index (χ3v) is 6.90. The highest BCUT2D eigenvalue weighted by Gasteiger charge is 2.31. The number of alkyl halides is 3. The first kappa shape index (κ1) is 51.1. The average Bonchev–Trinajstić information content (AvgIpc) is 3.10. The Morgan fingerprint density at radius 1 is 1.12 bits per heavy atom. The molecule has 2 rings (SSSR count). The second kappa shape index (κ2) is 32.9. The fourth-order valence-corrected chi connectivity index (χ4v) is 4.75. The maximum atomic E-state index is 13.0. The SMILES string of the molecule is C=C/C=C\C(=C/C)c1ccccc1C(CCCCN1CCC(NC=O)CC1)C(=O)NCC(F)(F)F.C=CC(=C)NC(C)O.CC.CC.CCS. The van der Waals surface area contributed by atoms with Crippen LogP contribution in [0.1, 0.15) is 97.6 Å². The Balaban J connectivity index is -0.00000125. The first-order valence-electron chi connectivity index (χ1n) is 17.5.